The van der Waals surface area contributed by atoms with Crippen molar-refractivity contribution in [3.63, 3.8) is 0 Å². The lowest BCUT2D eigenvalue weighted by molar-refractivity contribution is -0.116. The first-order valence-corrected chi connectivity index (χ1v) is 15.9. The lowest BCUT2D eigenvalue weighted by Crippen LogP contribution is -2.30. The highest BCUT2D eigenvalue weighted by Gasteiger charge is 2.20. The van der Waals surface area contributed by atoms with Gasteiger partial charge < -0.3 is 20.9 Å². The Morgan fingerprint density at radius 1 is 0.783 bits per heavy atom. The van der Waals surface area contributed by atoms with E-state index in [0.717, 1.165) is 32.6 Å². The average Bonchev–Trinajstić information content (AvgIpc) is 3.07. The van der Waals surface area contributed by atoms with Crippen LogP contribution in [0.4, 0.5) is 17.1 Å². The fraction of sp³-hybridized carbons (Fsp3) is 0.132. The fourth-order valence-electron chi connectivity index (χ4n) is 4.86. The molecule has 3 N–H and O–H groups in total. The van der Waals surface area contributed by atoms with Gasteiger partial charge in [0.2, 0.25) is 5.91 Å². The maximum absolute atomic E-state index is 13.6. The van der Waals surface area contributed by atoms with Gasteiger partial charge in [-0.3, -0.25) is 14.4 Å². The number of nitrogens with one attached hydrogen (secondary N) is 3. The molecule has 1 atom stereocenters. The minimum atomic E-state index is -0.469. The second-order valence-electron chi connectivity index (χ2n) is 10.9. The number of rotatable bonds is 11. The summed E-state index contributed by atoms with van der Waals surface area (Å²) < 4.78 is 0. The van der Waals surface area contributed by atoms with Gasteiger partial charge in [0, 0.05) is 47.0 Å². The van der Waals surface area contributed by atoms with E-state index in [4.69, 9.17) is 0 Å². The molecule has 1 unspecified atom stereocenters. The summed E-state index contributed by atoms with van der Waals surface area (Å²) in [5, 5.41) is 10.5. The summed E-state index contributed by atoms with van der Waals surface area (Å²) in [5.41, 5.74) is 3.64. The van der Waals surface area contributed by atoms with Crippen molar-refractivity contribution in [1.82, 2.24) is 5.32 Å². The van der Waals surface area contributed by atoms with Crippen molar-refractivity contribution in [2.45, 2.75) is 23.5 Å². The Hall–Kier alpha value is -5.34. The minimum absolute atomic E-state index is 0.0904. The summed E-state index contributed by atoms with van der Waals surface area (Å²) in [6.45, 7) is 1.98. The molecule has 0 spiro atoms. The number of fused-ring (bicyclic) bond motifs is 1. The SMILES string of the molecule is CCC(Sc1cccc(NC(=O)/C(=C\c2ccc(N(C)C)cc2)NC(=O)c2ccccc2)c1)C(=O)Nc1cccc2ccccc12. The van der Waals surface area contributed by atoms with Gasteiger partial charge in [-0.05, 0) is 72.0 Å². The molecule has 0 aliphatic heterocycles. The molecular weight excluding hydrogens is 593 g/mol. The fourth-order valence-corrected chi connectivity index (χ4v) is 5.87. The molecule has 0 saturated heterocycles. The Morgan fingerprint density at radius 2 is 1.48 bits per heavy atom. The van der Waals surface area contributed by atoms with Crippen molar-refractivity contribution in [2.24, 2.45) is 0 Å². The molecule has 7 nitrogen and oxygen atoms in total. The van der Waals surface area contributed by atoms with Crippen LogP contribution in [0.2, 0.25) is 0 Å². The predicted molar refractivity (Wildman–Crippen MR) is 190 cm³/mol. The zero-order valence-corrected chi connectivity index (χ0v) is 26.8. The first kappa shape index (κ1) is 32.1. The molecule has 46 heavy (non-hydrogen) atoms. The number of carbonyl (C=O) groups excluding carboxylic acids is 3. The van der Waals surface area contributed by atoms with E-state index in [1.165, 1.54) is 11.8 Å². The highest BCUT2D eigenvalue weighted by Crippen LogP contribution is 2.30. The zero-order chi connectivity index (χ0) is 32.5. The van der Waals surface area contributed by atoms with Crippen LogP contribution < -0.4 is 20.9 Å². The molecule has 0 radical (unpaired) electrons. The highest BCUT2D eigenvalue weighted by molar-refractivity contribution is 8.00. The molecule has 8 heteroatoms. The number of carbonyl (C=O) groups is 3. The van der Waals surface area contributed by atoms with Crippen LogP contribution in [-0.4, -0.2) is 37.1 Å². The van der Waals surface area contributed by atoms with E-state index >= 15 is 0 Å². The number of hydrogen-bond acceptors (Lipinski definition) is 5. The van der Waals surface area contributed by atoms with Gasteiger partial charge in [-0.25, -0.2) is 0 Å². The van der Waals surface area contributed by atoms with Crippen molar-refractivity contribution >= 4 is 63.4 Å². The van der Waals surface area contributed by atoms with Gasteiger partial charge in [0.15, 0.2) is 0 Å². The molecule has 5 rings (SSSR count). The smallest absolute Gasteiger partial charge is 0.272 e. The van der Waals surface area contributed by atoms with E-state index in [2.05, 4.69) is 16.0 Å². The number of thioether (sulfide) groups is 1. The quantitative estimate of drug-likeness (QED) is 0.103. The van der Waals surface area contributed by atoms with Gasteiger partial charge in [0.05, 0.1) is 5.25 Å². The van der Waals surface area contributed by atoms with Crippen LogP contribution in [-0.2, 0) is 9.59 Å². The van der Waals surface area contributed by atoms with E-state index in [1.807, 2.05) is 117 Å². The van der Waals surface area contributed by atoms with Gasteiger partial charge in [-0.1, -0.05) is 79.7 Å². The van der Waals surface area contributed by atoms with E-state index < -0.39 is 5.91 Å². The monoisotopic (exact) mass is 628 g/mol. The van der Waals surface area contributed by atoms with E-state index in [9.17, 15) is 14.4 Å². The summed E-state index contributed by atoms with van der Waals surface area (Å²) in [5.74, 6) is -0.949. The third kappa shape index (κ3) is 8.22. The molecule has 5 aromatic rings. The maximum Gasteiger partial charge on any atom is 0.272 e. The first-order chi connectivity index (χ1) is 22.3. The predicted octanol–water partition coefficient (Wildman–Crippen LogP) is 7.82. The van der Waals surface area contributed by atoms with Crippen molar-refractivity contribution in [3.05, 3.63) is 138 Å². The number of amides is 3. The number of hydrogen-bond donors (Lipinski definition) is 3. The summed E-state index contributed by atoms with van der Waals surface area (Å²) in [6, 6.07) is 37.6. The number of anilines is 3. The Morgan fingerprint density at radius 3 is 2.22 bits per heavy atom. The standard InChI is InChI=1S/C38H36N4O3S/c1-4-35(38(45)40-33-19-10-15-27-12-8-9-18-32(27)33)46-31-17-11-16-29(25-31)39-37(44)34(41-36(43)28-13-6-5-7-14-28)24-26-20-22-30(23-21-26)42(2)3/h5-25,35H,4H2,1-3H3,(H,39,44)(H,40,45)(H,41,43)/b34-24+. The van der Waals surface area contributed by atoms with Gasteiger partial charge >= 0.3 is 0 Å². The van der Waals surface area contributed by atoms with Crippen molar-refractivity contribution in [1.29, 1.82) is 0 Å². The third-order valence-electron chi connectivity index (χ3n) is 7.33. The largest absolute Gasteiger partial charge is 0.378 e. The molecule has 0 fully saturated rings. The summed E-state index contributed by atoms with van der Waals surface area (Å²) in [6.07, 6.45) is 2.27. The van der Waals surface area contributed by atoms with Gasteiger partial charge in [0.25, 0.3) is 11.8 Å². The Balaban J connectivity index is 1.32. The van der Waals surface area contributed by atoms with E-state index in [-0.39, 0.29) is 22.8 Å². The Labute approximate surface area is 273 Å². The second-order valence-corrected chi connectivity index (χ2v) is 12.2. The molecule has 0 heterocycles. The molecule has 5 aromatic carbocycles. The van der Waals surface area contributed by atoms with Gasteiger partial charge in [-0.2, -0.15) is 0 Å². The Bertz CT molecular complexity index is 1870. The molecule has 232 valence electrons. The summed E-state index contributed by atoms with van der Waals surface area (Å²) in [4.78, 5) is 42.8. The number of benzene rings is 5. The van der Waals surface area contributed by atoms with Gasteiger partial charge in [0.1, 0.15) is 5.70 Å². The first-order valence-electron chi connectivity index (χ1n) is 15.0. The molecule has 0 bridgehead atoms. The van der Waals surface area contributed by atoms with Crippen LogP contribution in [0.15, 0.2) is 132 Å². The van der Waals surface area contributed by atoms with Crippen LogP contribution in [0.1, 0.15) is 29.3 Å². The maximum atomic E-state index is 13.6. The molecule has 0 aliphatic rings. The van der Waals surface area contributed by atoms with Crippen molar-refractivity contribution in [3.8, 4) is 0 Å². The summed E-state index contributed by atoms with van der Waals surface area (Å²) in [7, 11) is 3.91. The zero-order valence-electron chi connectivity index (χ0n) is 26.0. The number of nitrogens with zero attached hydrogens (tertiary/aromatic N) is 1. The molecule has 0 saturated carbocycles. The van der Waals surface area contributed by atoms with E-state index in [0.29, 0.717) is 17.7 Å². The normalized spacial score (nSPS) is 11.8. The van der Waals surface area contributed by atoms with Crippen LogP contribution in [0.25, 0.3) is 16.8 Å². The lowest BCUT2D eigenvalue weighted by atomic mass is 10.1. The molecule has 0 aromatic heterocycles. The Kier molecular flexibility index (Phi) is 10.5. The minimum Gasteiger partial charge on any atom is -0.378 e. The van der Waals surface area contributed by atoms with Gasteiger partial charge in [-0.15, -0.1) is 11.8 Å². The topological polar surface area (TPSA) is 90.5 Å². The highest BCUT2D eigenvalue weighted by atomic mass is 32.2. The second kappa shape index (κ2) is 15.1. The summed E-state index contributed by atoms with van der Waals surface area (Å²) >= 11 is 1.43. The van der Waals surface area contributed by atoms with Crippen LogP contribution >= 0.6 is 11.8 Å². The van der Waals surface area contributed by atoms with Crippen LogP contribution in [0, 0.1) is 0 Å². The van der Waals surface area contributed by atoms with Crippen LogP contribution in [0.3, 0.4) is 0 Å². The average molecular weight is 629 g/mol. The van der Waals surface area contributed by atoms with E-state index in [1.54, 1.807) is 36.4 Å². The molecule has 3 amide bonds. The lowest BCUT2D eigenvalue weighted by Gasteiger charge is -2.17. The molecule has 0 aliphatic carbocycles. The van der Waals surface area contributed by atoms with Crippen LogP contribution in [0.5, 0.6) is 0 Å². The van der Waals surface area contributed by atoms with Crippen molar-refractivity contribution in [2.75, 3.05) is 29.6 Å². The third-order valence-corrected chi connectivity index (χ3v) is 8.69. The molecular formula is C38H36N4O3S. The van der Waals surface area contributed by atoms with Crippen molar-refractivity contribution < 1.29 is 14.4 Å².